The molecule has 2 amide bonds. The summed E-state index contributed by atoms with van der Waals surface area (Å²) in [6.45, 7) is 0. The minimum absolute atomic E-state index is 0.268. The first-order valence-electron chi connectivity index (χ1n) is 8.18. The van der Waals surface area contributed by atoms with E-state index in [1.807, 2.05) is 6.07 Å². The van der Waals surface area contributed by atoms with Gasteiger partial charge in [-0.25, -0.2) is 0 Å². The van der Waals surface area contributed by atoms with Crippen LogP contribution in [0.5, 0.6) is 5.75 Å². The second-order valence-corrected chi connectivity index (χ2v) is 6.13. The Morgan fingerprint density at radius 3 is 2.11 bits per heavy atom. The van der Waals surface area contributed by atoms with Gasteiger partial charge >= 0.3 is 0 Å². The van der Waals surface area contributed by atoms with E-state index >= 15 is 0 Å². The molecule has 0 spiro atoms. The van der Waals surface area contributed by atoms with Gasteiger partial charge in [0.2, 0.25) is 0 Å². The highest BCUT2D eigenvalue weighted by molar-refractivity contribution is 6.30. The Bertz CT molecular complexity index is 957. The fourth-order valence-electron chi connectivity index (χ4n) is 2.47. The van der Waals surface area contributed by atoms with Crippen LogP contribution in [0.1, 0.15) is 20.7 Å². The molecule has 3 rings (SSSR count). The molecule has 6 heteroatoms. The van der Waals surface area contributed by atoms with Crippen LogP contribution >= 0.6 is 11.6 Å². The number of halogens is 1. The molecular weight excluding hydrogens is 364 g/mol. The molecule has 0 bridgehead atoms. The van der Waals surface area contributed by atoms with E-state index in [1.54, 1.807) is 66.7 Å². The van der Waals surface area contributed by atoms with E-state index in [1.165, 1.54) is 7.11 Å². The van der Waals surface area contributed by atoms with Crippen molar-refractivity contribution in [2.75, 3.05) is 17.7 Å². The summed E-state index contributed by atoms with van der Waals surface area (Å²) >= 11 is 5.84. The van der Waals surface area contributed by atoms with Gasteiger partial charge < -0.3 is 15.4 Å². The van der Waals surface area contributed by atoms with Gasteiger partial charge in [-0.2, -0.15) is 0 Å². The molecule has 0 unspecified atom stereocenters. The Morgan fingerprint density at radius 2 is 1.44 bits per heavy atom. The van der Waals surface area contributed by atoms with Crippen LogP contribution in [-0.4, -0.2) is 18.9 Å². The lowest BCUT2D eigenvalue weighted by molar-refractivity contribution is 0.101. The second kappa shape index (κ2) is 8.38. The van der Waals surface area contributed by atoms with Gasteiger partial charge in [-0.3, -0.25) is 9.59 Å². The maximum atomic E-state index is 12.4. The van der Waals surface area contributed by atoms with Gasteiger partial charge in [0.15, 0.2) is 0 Å². The molecule has 136 valence electrons. The van der Waals surface area contributed by atoms with Crippen LogP contribution in [-0.2, 0) is 0 Å². The Kier molecular flexibility index (Phi) is 5.74. The number of amides is 2. The summed E-state index contributed by atoms with van der Waals surface area (Å²) < 4.78 is 5.30. The molecule has 2 N–H and O–H groups in total. The number of ether oxygens (including phenoxy) is 1. The molecule has 0 saturated carbocycles. The van der Waals surface area contributed by atoms with Crippen molar-refractivity contribution in [2.24, 2.45) is 0 Å². The van der Waals surface area contributed by atoms with Crippen LogP contribution < -0.4 is 15.4 Å². The normalized spacial score (nSPS) is 10.1. The standard InChI is InChI=1S/C21H17ClN2O3/c1-27-19-12-11-17(23-20(25)15-7-9-16(22)10-8-15)13-18(19)24-21(26)14-5-3-2-4-6-14/h2-13H,1H3,(H,23,25)(H,24,26). The first-order valence-corrected chi connectivity index (χ1v) is 8.56. The van der Waals surface area contributed by atoms with Crippen molar-refractivity contribution in [2.45, 2.75) is 0 Å². The Labute approximate surface area is 161 Å². The van der Waals surface area contributed by atoms with Gasteiger partial charge in [0.05, 0.1) is 12.8 Å². The van der Waals surface area contributed by atoms with E-state index in [4.69, 9.17) is 16.3 Å². The lowest BCUT2D eigenvalue weighted by Gasteiger charge is -2.13. The molecule has 0 aliphatic rings. The third kappa shape index (κ3) is 4.65. The maximum absolute atomic E-state index is 12.4. The molecule has 0 aliphatic carbocycles. The van der Waals surface area contributed by atoms with Crippen molar-refractivity contribution >= 4 is 34.8 Å². The third-order valence-electron chi connectivity index (χ3n) is 3.85. The minimum Gasteiger partial charge on any atom is -0.495 e. The lowest BCUT2D eigenvalue weighted by atomic mass is 10.2. The summed E-state index contributed by atoms with van der Waals surface area (Å²) in [4.78, 5) is 24.8. The number of nitrogens with one attached hydrogen (secondary N) is 2. The van der Waals surface area contributed by atoms with E-state index in [0.29, 0.717) is 33.3 Å². The predicted molar refractivity (Wildman–Crippen MR) is 107 cm³/mol. The highest BCUT2D eigenvalue weighted by Gasteiger charge is 2.12. The van der Waals surface area contributed by atoms with Crippen molar-refractivity contribution < 1.29 is 14.3 Å². The van der Waals surface area contributed by atoms with E-state index in [0.717, 1.165) is 0 Å². The van der Waals surface area contributed by atoms with Crippen molar-refractivity contribution in [1.29, 1.82) is 0 Å². The number of methoxy groups -OCH3 is 1. The largest absolute Gasteiger partial charge is 0.495 e. The Morgan fingerprint density at radius 1 is 0.815 bits per heavy atom. The van der Waals surface area contributed by atoms with Crippen LogP contribution in [0.15, 0.2) is 72.8 Å². The molecule has 0 fully saturated rings. The molecule has 3 aromatic carbocycles. The molecule has 5 nitrogen and oxygen atoms in total. The lowest BCUT2D eigenvalue weighted by Crippen LogP contribution is -2.14. The average molecular weight is 381 g/mol. The fraction of sp³-hybridized carbons (Fsp3) is 0.0476. The summed E-state index contributed by atoms with van der Waals surface area (Å²) in [5.41, 5.74) is 1.99. The van der Waals surface area contributed by atoms with Crippen molar-refractivity contribution in [3.63, 3.8) is 0 Å². The molecular formula is C21H17ClN2O3. The molecule has 0 radical (unpaired) electrons. The Balaban J connectivity index is 1.79. The van der Waals surface area contributed by atoms with E-state index in [2.05, 4.69) is 10.6 Å². The summed E-state index contributed by atoms with van der Waals surface area (Å²) in [6.07, 6.45) is 0. The molecule has 0 aliphatic heterocycles. The molecule has 0 aromatic heterocycles. The highest BCUT2D eigenvalue weighted by atomic mass is 35.5. The molecule has 0 atom stereocenters. The number of hydrogen-bond donors (Lipinski definition) is 2. The number of rotatable bonds is 5. The molecule has 0 heterocycles. The van der Waals surface area contributed by atoms with E-state index in [-0.39, 0.29) is 11.8 Å². The first-order chi connectivity index (χ1) is 13.1. The van der Waals surface area contributed by atoms with Gasteiger partial charge in [-0.1, -0.05) is 29.8 Å². The summed E-state index contributed by atoms with van der Waals surface area (Å²) in [6, 6.07) is 20.4. The molecule has 27 heavy (non-hydrogen) atoms. The van der Waals surface area contributed by atoms with E-state index < -0.39 is 0 Å². The topological polar surface area (TPSA) is 67.4 Å². The number of carbonyl (C=O) groups excluding carboxylic acids is 2. The van der Waals surface area contributed by atoms with Crippen molar-refractivity contribution in [3.8, 4) is 5.75 Å². The van der Waals surface area contributed by atoms with Crippen LogP contribution in [0, 0.1) is 0 Å². The minimum atomic E-state index is -0.280. The Hall–Kier alpha value is -3.31. The van der Waals surface area contributed by atoms with Gasteiger partial charge in [-0.15, -0.1) is 0 Å². The number of anilines is 2. The van der Waals surface area contributed by atoms with Crippen LogP contribution in [0.3, 0.4) is 0 Å². The van der Waals surface area contributed by atoms with Crippen LogP contribution in [0.25, 0.3) is 0 Å². The quantitative estimate of drug-likeness (QED) is 0.664. The maximum Gasteiger partial charge on any atom is 0.255 e. The number of carbonyl (C=O) groups is 2. The smallest absolute Gasteiger partial charge is 0.255 e. The zero-order chi connectivity index (χ0) is 19.2. The number of benzene rings is 3. The van der Waals surface area contributed by atoms with Crippen LogP contribution in [0.4, 0.5) is 11.4 Å². The second-order valence-electron chi connectivity index (χ2n) is 5.70. The summed E-state index contributed by atoms with van der Waals surface area (Å²) in [7, 11) is 1.51. The zero-order valence-electron chi connectivity index (χ0n) is 14.5. The SMILES string of the molecule is COc1ccc(NC(=O)c2ccc(Cl)cc2)cc1NC(=O)c1ccccc1. The van der Waals surface area contributed by atoms with Gasteiger partial charge in [-0.05, 0) is 54.6 Å². The van der Waals surface area contributed by atoms with Gasteiger partial charge in [0.1, 0.15) is 5.75 Å². The summed E-state index contributed by atoms with van der Waals surface area (Å²) in [5.74, 6) is -0.0592. The number of hydrogen-bond acceptors (Lipinski definition) is 3. The fourth-order valence-corrected chi connectivity index (χ4v) is 2.60. The van der Waals surface area contributed by atoms with Crippen molar-refractivity contribution in [3.05, 3.63) is 88.9 Å². The van der Waals surface area contributed by atoms with Gasteiger partial charge in [0.25, 0.3) is 11.8 Å². The molecule has 3 aromatic rings. The zero-order valence-corrected chi connectivity index (χ0v) is 15.3. The first kappa shape index (κ1) is 18.5. The highest BCUT2D eigenvalue weighted by Crippen LogP contribution is 2.28. The van der Waals surface area contributed by atoms with E-state index in [9.17, 15) is 9.59 Å². The molecule has 0 saturated heterocycles. The monoisotopic (exact) mass is 380 g/mol. The van der Waals surface area contributed by atoms with Gasteiger partial charge in [0, 0.05) is 21.8 Å². The average Bonchev–Trinajstić information content (AvgIpc) is 2.69. The predicted octanol–water partition coefficient (Wildman–Crippen LogP) is 4.85. The van der Waals surface area contributed by atoms with Crippen LogP contribution in [0.2, 0.25) is 5.02 Å². The third-order valence-corrected chi connectivity index (χ3v) is 4.10. The van der Waals surface area contributed by atoms with Crippen molar-refractivity contribution in [1.82, 2.24) is 0 Å². The summed E-state index contributed by atoms with van der Waals surface area (Å²) in [5, 5.41) is 6.16.